The van der Waals surface area contributed by atoms with Crippen molar-refractivity contribution in [3.63, 3.8) is 0 Å². The molecule has 5 heteroatoms. The van der Waals surface area contributed by atoms with Gasteiger partial charge in [-0.1, -0.05) is 18.2 Å². The van der Waals surface area contributed by atoms with Crippen LogP contribution in [0.15, 0.2) is 41.4 Å². The minimum absolute atomic E-state index is 0. The Hall–Kier alpha value is -1.50. The number of fused-ring (bicyclic) bond motifs is 1. The number of methoxy groups -OCH3 is 1. The van der Waals surface area contributed by atoms with Crippen LogP contribution in [0.5, 0.6) is 5.75 Å². The Balaban J connectivity index is 0.00000161. The van der Waals surface area contributed by atoms with Gasteiger partial charge in [0.15, 0.2) is 5.96 Å². The maximum Gasteiger partial charge on any atom is 0.191 e. The maximum absolute atomic E-state index is 5.24. The van der Waals surface area contributed by atoms with E-state index < -0.39 is 0 Å². The molecular weight excluding hydrogens is 377 g/mol. The third kappa shape index (κ3) is 4.00. The highest BCUT2D eigenvalue weighted by atomic mass is 127. The first-order valence-corrected chi connectivity index (χ1v) is 6.94. The molecule has 3 rings (SSSR count). The monoisotopic (exact) mass is 397 g/mol. The Labute approximate surface area is 142 Å². The predicted molar refractivity (Wildman–Crippen MR) is 97.7 cm³/mol. The van der Waals surface area contributed by atoms with Crippen molar-refractivity contribution in [3.05, 3.63) is 42.0 Å². The Morgan fingerprint density at radius 1 is 1.19 bits per heavy atom. The molecule has 0 atom stereocenters. The number of hydrogen-bond acceptors (Lipinski definition) is 4. The van der Waals surface area contributed by atoms with Crippen LogP contribution in [0.25, 0.3) is 10.8 Å². The minimum Gasteiger partial charge on any atom is -0.497 e. The number of nitrogens with one attached hydrogen (secondary N) is 2. The Morgan fingerprint density at radius 2 is 2.00 bits per heavy atom. The van der Waals surface area contributed by atoms with Gasteiger partial charge in [0, 0.05) is 19.6 Å². The molecule has 112 valence electrons. The fourth-order valence-corrected chi connectivity index (χ4v) is 2.35. The molecule has 21 heavy (non-hydrogen) atoms. The standard InChI is InChI=1S/C16H19N3O.HI/c1-20-15-6-5-13-9-12(3-4-14(13)10-15)11-19-16-17-7-2-8-18-16;/h3-6,9-10H,2,7-8,11H2,1H3,(H2,17,18,19);1H. The maximum atomic E-state index is 5.24. The van der Waals surface area contributed by atoms with E-state index in [4.69, 9.17) is 4.74 Å². The lowest BCUT2D eigenvalue weighted by atomic mass is 10.1. The van der Waals surface area contributed by atoms with Gasteiger partial charge in [0.05, 0.1) is 7.11 Å². The summed E-state index contributed by atoms with van der Waals surface area (Å²) >= 11 is 0. The SMILES string of the molecule is COc1ccc2cc(CNC3=NCCCN3)ccc2c1.I. The second-order valence-electron chi connectivity index (χ2n) is 4.91. The first-order chi connectivity index (χ1) is 9.85. The van der Waals surface area contributed by atoms with E-state index in [0.29, 0.717) is 0 Å². The average molecular weight is 397 g/mol. The van der Waals surface area contributed by atoms with Crippen LogP contribution in [0.3, 0.4) is 0 Å². The van der Waals surface area contributed by atoms with Crippen LogP contribution in [0, 0.1) is 0 Å². The Bertz CT molecular complexity index is 642. The van der Waals surface area contributed by atoms with Crippen LogP contribution in [-0.2, 0) is 6.54 Å². The minimum atomic E-state index is 0. The summed E-state index contributed by atoms with van der Waals surface area (Å²) in [6.07, 6.45) is 1.11. The van der Waals surface area contributed by atoms with Crippen molar-refractivity contribution in [1.82, 2.24) is 10.6 Å². The molecule has 0 unspecified atom stereocenters. The number of nitrogens with zero attached hydrogens (tertiary/aromatic N) is 1. The molecule has 2 N–H and O–H groups in total. The van der Waals surface area contributed by atoms with Gasteiger partial charge in [-0.2, -0.15) is 0 Å². The van der Waals surface area contributed by atoms with Crippen LogP contribution in [-0.4, -0.2) is 26.2 Å². The van der Waals surface area contributed by atoms with Gasteiger partial charge in [-0.05, 0) is 41.0 Å². The van der Waals surface area contributed by atoms with Gasteiger partial charge in [0.1, 0.15) is 5.75 Å². The summed E-state index contributed by atoms with van der Waals surface area (Å²) in [5.74, 6) is 1.80. The molecule has 0 bridgehead atoms. The summed E-state index contributed by atoms with van der Waals surface area (Å²) in [5, 5.41) is 9.02. The zero-order valence-electron chi connectivity index (χ0n) is 12.1. The predicted octanol–water partition coefficient (Wildman–Crippen LogP) is 2.91. The highest BCUT2D eigenvalue weighted by Crippen LogP contribution is 2.21. The largest absolute Gasteiger partial charge is 0.497 e. The van der Waals surface area contributed by atoms with Crippen LogP contribution < -0.4 is 15.4 Å². The van der Waals surface area contributed by atoms with Gasteiger partial charge < -0.3 is 15.4 Å². The molecule has 1 aliphatic heterocycles. The van der Waals surface area contributed by atoms with E-state index in [1.165, 1.54) is 16.3 Å². The number of halogens is 1. The van der Waals surface area contributed by atoms with Crippen molar-refractivity contribution < 1.29 is 4.74 Å². The molecule has 0 saturated heterocycles. The lowest BCUT2D eigenvalue weighted by Gasteiger charge is -2.16. The second-order valence-corrected chi connectivity index (χ2v) is 4.91. The number of guanidine groups is 1. The molecule has 2 aromatic rings. The average Bonchev–Trinajstić information content (AvgIpc) is 2.53. The molecule has 1 aliphatic rings. The zero-order valence-corrected chi connectivity index (χ0v) is 14.4. The third-order valence-electron chi connectivity index (χ3n) is 3.47. The van der Waals surface area contributed by atoms with Crippen molar-refractivity contribution in [2.24, 2.45) is 4.99 Å². The number of rotatable bonds is 3. The normalized spacial score (nSPS) is 13.9. The quantitative estimate of drug-likeness (QED) is 0.784. The summed E-state index contributed by atoms with van der Waals surface area (Å²) < 4.78 is 5.24. The molecule has 0 fully saturated rings. The number of hydrogen-bond donors (Lipinski definition) is 2. The van der Waals surface area contributed by atoms with Crippen LogP contribution >= 0.6 is 24.0 Å². The molecule has 0 saturated carbocycles. The van der Waals surface area contributed by atoms with Crippen molar-refractivity contribution in [2.45, 2.75) is 13.0 Å². The van der Waals surface area contributed by atoms with E-state index in [1.54, 1.807) is 7.11 Å². The molecule has 0 spiro atoms. The van der Waals surface area contributed by atoms with Crippen molar-refractivity contribution in [2.75, 3.05) is 20.2 Å². The molecule has 0 aliphatic carbocycles. The molecule has 4 nitrogen and oxygen atoms in total. The number of benzene rings is 2. The van der Waals surface area contributed by atoms with Crippen LogP contribution in [0.4, 0.5) is 0 Å². The Morgan fingerprint density at radius 3 is 2.76 bits per heavy atom. The van der Waals surface area contributed by atoms with Crippen molar-refractivity contribution in [3.8, 4) is 5.75 Å². The van der Waals surface area contributed by atoms with E-state index in [1.807, 2.05) is 6.07 Å². The first-order valence-electron chi connectivity index (χ1n) is 6.94. The van der Waals surface area contributed by atoms with Crippen LogP contribution in [0.1, 0.15) is 12.0 Å². The highest BCUT2D eigenvalue weighted by Gasteiger charge is 2.04. The molecular formula is C16H20IN3O. The summed E-state index contributed by atoms with van der Waals surface area (Å²) in [4.78, 5) is 4.41. The molecule has 1 heterocycles. The fraction of sp³-hybridized carbons (Fsp3) is 0.312. The number of aliphatic imine (C=N–C) groups is 1. The van der Waals surface area contributed by atoms with Crippen molar-refractivity contribution >= 4 is 40.7 Å². The van der Waals surface area contributed by atoms with Crippen LogP contribution in [0.2, 0.25) is 0 Å². The van der Waals surface area contributed by atoms with E-state index in [0.717, 1.165) is 37.8 Å². The first kappa shape index (κ1) is 15.9. The third-order valence-corrected chi connectivity index (χ3v) is 3.47. The fourth-order valence-electron chi connectivity index (χ4n) is 2.35. The van der Waals surface area contributed by atoms with E-state index >= 15 is 0 Å². The topological polar surface area (TPSA) is 45.6 Å². The smallest absolute Gasteiger partial charge is 0.191 e. The lowest BCUT2D eigenvalue weighted by Crippen LogP contribution is -2.40. The molecule has 0 amide bonds. The van der Waals surface area contributed by atoms with E-state index in [2.05, 4.69) is 46.0 Å². The van der Waals surface area contributed by atoms with Gasteiger partial charge in [-0.15, -0.1) is 24.0 Å². The van der Waals surface area contributed by atoms with Gasteiger partial charge in [-0.3, -0.25) is 4.99 Å². The second kappa shape index (κ2) is 7.49. The van der Waals surface area contributed by atoms with Crippen molar-refractivity contribution in [1.29, 1.82) is 0 Å². The van der Waals surface area contributed by atoms with Gasteiger partial charge in [0.2, 0.25) is 0 Å². The van der Waals surface area contributed by atoms with E-state index in [9.17, 15) is 0 Å². The summed E-state index contributed by atoms with van der Waals surface area (Å²) in [6, 6.07) is 12.6. The number of ether oxygens (including phenoxy) is 1. The Kier molecular flexibility index (Phi) is 5.67. The van der Waals surface area contributed by atoms with Gasteiger partial charge in [-0.25, -0.2) is 0 Å². The summed E-state index contributed by atoms with van der Waals surface area (Å²) in [5.41, 5.74) is 1.25. The summed E-state index contributed by atoms with van der Waals surface area (Å²) in [6.45, 7) is 2.70. The molecule has 0 radical (unpaired) electrons. The highest BCUT2D eigenvalue weighted by molar-refractivity contribution is 14.0. The van der Waals surface area contributed by atoms with Gasteiger partial charge >= 0.3 is 0 Å². The molecule has 0 aromatic heterocycles. The van der Waals surface area contributed by atoms with E-state index in [-0.39, 0.29) is 24.0 Å². The van der Waals surface area contributed by atoms with Gasteiger partial charge in [0.25, 0.3) is 0 Å². The zero-order chi connectivity index (χ0) is 13.8. The summed E-state index contributed by atoms with van der Waals surface area (Å²) in [7, 11) is 1.69. The molecule has 2 aromatic carbocycles. The lowest BCUT2D eigenvalue weighted by molar-refractivity contribution is 0.415.